The first-order valence-electron chi connectivity index (χ1n) is 11.7. The van der Waals surface area contributed by atoms with Crippen molar-refractivity contribution in [1.82, 2.24) is 19.8 Å². The van der Waals surface area contributed by atoms with E-state index in [1.54, 1.807) is 9.80 Å². The fourth-order valence-electron chi connectivity index (χ4n) is 4.41. The topological polar surface area (TPSA) is 81.7 Å². The number of aromatic nitrogens is 2. The molecule has 36 heavy (non-hydrogen) atoms. The number of rotatable bonds is 5. The van der Waals surface area contributed by atoms with Gasteiger partial charge in [-0.15, -0.1) is 0 Å². The summed E-state index contributed by atoms with van der Waals surface area (Å²) in [4.78, 5) is 39.1. The van der Waals surface area contributed by atoms with Gasteiger partial charge in [0.1, 0.15) is 17.3 Å². The van der Waals surface area contributed by atoms with Crippen LogP contribution in [0, 0.1) is 5.82 Å². The Kier molecular flexibility index (Phi) is 6.80. The minimum atomic E-state index is -4.61. The largest absolute Gasteiger partial charge is 0.416 e. The number of nitrogens with zero attached hydrogens (tertiary/aromatic N) is 5. The molecule has 2 aliphatic heterocycles. The van der Waals surface area contributed by atoms with Crippen LogP contribution in [-0.4, -0.2) is 63.8 Å². The molecule has 1 fully saturated rings. The minimum Gasteiger partial charge on any atom is -0.363 e. The van der Waals surface area contributed by atoms with Crippen molar-refractivity contribution >= 4 is 23.6 Å². The summed E-state index contributed by atoms with van der Waals surface area (Å²) in [6.07, 6.45) is -4.61. The third-order valence-electron chi connectivity index (χ3n) is 6.56. The van der Waals surface area contributed by atoms with Crippen molar-refractivity contribution in [2.45, 2.75) is 52.5 Å². The number of piperazine rings is 1. The number of anilines is 2. The molecule has 2 aliphatic rings. The second-order valence-electron chi connectivity index (χ2n) is 9.32. The number of hydrogen-bond acceptors (Lipinski definition) is 6. The highest BCUT2D eigenvalue weighted by Crippen LogP contribution is 2.35. The van der Waals surface area contributed by atoms with Crippen molar-refractivity contribution in [3.63, 3.8) is 0 Å². The second-order valence-corrected chi connectivity index (χ2v) is 9.32. The van der Waals surface area contributed by atoms with Gasteiger partial charge in [-0.1, -0.05) is 0 Å². The summed E-state index contributed by atoms with van der Waals surface area (Å²) >= 11 is 0. The lowest BCUT2D eigenvalue weighted by molar-refractivity contribution is -0.137. The second kappa shape index (κ2) is 9.55. The predicted octanol–water partition coefficient (Wildman–Crippen LogP) is 3.84. The normalized spacial score (nSPS) is 17.0. The molecule has 0 radical (unpaired) electrons. The molecule has 194 valence electrons. The number of benzene rings is 1. The van der Waals surface area contributed by atoms with E-state index in [0.717, 1.165) is 12.1 Å². The van der Waals surface area contributed by atoms with Crippen LogP contribution in [0.2, 0.25) is 0 Å². The zero-order valence-electron chi connectivity index (χ0n) is 20.5. The van der Waals surface area contributed by atoms with Crippen molar-refractivity contribution < 1.29 is 27.2 Å². The predicted molar refractivity (Wildman–Crippen MR) is 125 cm³/mol. The molecule has 1 aromatic heterocycles. The van der Waals surface area contributed by atoms with E-state index < -0.39 is 23.6 Å². The molecule has 1 aromatic carbocycles. The summed E-state index contributed by atoms with van der Waals surface area (Å²) in [7, 11) is 0. The number of nitrogens with one attached hydrogen (secondary N) is 1. The maximum absolute atomic E-state index is 14.5. The van der Waals surface area contributed by atoms with Gasteiger partial charge in [0.15, 0.2) is 0 Å². The third kappa shape index (κ3) is 4.93. The molecule has 2 amide bonds. The quantitative estimate of drug-likeness (QED) is 0.619. The minimum absolute atomic E-state index is 0.0356. The van der Waals surface area contributed by atoms with Gasteiger partial charge in [0.25, 0.3) is 5.91 Å². The van der Waals surface area contributed by atoms with Crippen LogP contribution in [0.4, 0.5) is 29.3 Å². The number of carbonyl (C=O) groups excluding carboxylic acids is 2. The van der Waals surface area contributed by atoms with Crippen molar-refractivity contribution in [2.75, 3.05) is 36.4 Å². The number of carbonyl (C=O) groups is 2. The maximum atomic E-state index is 14.5. The Morgan fingerprint density at radius 1 is 1.08 bits per heavy atom. The summed E-state index contributed by atoms with van der Waals surface area (Å²) in [6.45, 7) is 8.85. The lowest BCUT2D eigenvalue weighted by Gasteiger charge is -2.34. The van der Waals surface area contributed by atoms with Crippen LogP contribution in [0.5, 0.6) is 0 Å². The van der Waals surface area contributed by atoms with Crippen molar-refractivity contribution in [2.24, 2.45) is 0 Å². The molecule has 0 saturated carbocycles. The SMILES string of the molecule is CC(=O)N1CCN(c2nc(NC(C)c3cc(C(F)(F)F)ccc3F)c3c(n2)C(=O)N(C(C)C)C3)CC1. The van der Waals surface area contributed by atoms with E-state index in [0.29, 0.717) is 37.8 Å². The average molecular weight is 509 g/mol. The van der Waals surface area contributed by atoms with E-state index >= 15 is 0 Å². The van der Waals surface area contributed by atoms with Gasteiger partial charge in [-0.05, 0) is 39.0 Å². The molecule has 1 N–H and O–H groups in total. The standard InChI is InChI=1S/C24H28F4N6O2/c1-13(2)34-12-18-20(22(34)36)30-23(33-9-7-32(8-10-33)15(4)35)31-21(18)29-14(3)17-11-16(24(26,27)28)5-6-19(17)25/h5-6,11,13-14H,7-10,12H2,1-4H3,(H,29,30,31). The van der Waals surface area contributed by atoms with Crippen molar-refractivity contribution in [3.05, 3.63) is 46.4 Å². The lowest BCUT2D eigenvalue weighted by Crippen LogP contribution is -2.48. The Labute approximate surface area is 206 Å². The van der Waals surface area contributed by atoms with Gasteiger partial charge in [0, 0.05) is 50.3 Å². The fourth-order valence-corrected chi connectivity index (χ4v) is 4.41. The summed E-state index contributed by atoms with van der Waals surface area (Å²) < 4.78 is 54.2. The molecule has 2 aromatic rings. The van der Waals surface area contributed by atoms with Gasteiger partial charge in [-0.2, -0.15) is 18.2 Å². The number of hydrogen-bond donors (Lipinski definition) is 1. The van der Waals surface area contributed by atoms with Crippen LogP contribution in [0.25, 0.3) is 0 Å². The zero-order chi connectivity index (χ0) is 26.4. The molecule has 0 spiro atoms. The third-order valence-corrected chi connectivity index (χ3v) is 6.56. The van der Waals surface area contributed by atoms with Crippen LogP contribution in [-0.2, 0) is 17.5 Å². The van der Waals surface area contributed by atoms with E-state index in [1.165, 1.54) is 13.8 Å². The number of fused-ring (bicyclic) bond motifs is 1. The van der Waals surface area contributed by atoms with Gasteiger partial charge >= 0.3 is 6.18 Å². The highest BCUT2D eigenvalue weighted by molar-refractivity contribution is 5.98. The van der Waals surface area contributed by atoms with Crippen LogP contribution in [0.1, 0.15) is 60.9 Å². The molecule has 1 saturated heterocycles. The van der Waals surface area contributed by atoms with Gasteiger partial charge in [-0.25, -0.2) is 9.37 Å². The lowest BCUT2D eigenvalue weighted by atomic mass is 10.0. The highest BCUT2D eigenvalue weighted by atomic mass is 19.4. The molecule has 8 nitrogen and oxygen atoms in total. The molecule has 3 heterocycles. The van der Waals surface area contributed by atoms with Crippen LogP contribution < -0.4 is 10.2 Å². The summed E-state index contributed by atoms with van der Waals surface area (Å²) in [5.74, 6) is -0.548. The number of amides is 2. The van der Waals surface area contributed by atoms with Crippen LogP contribution >= 0.6 is 0 Å². The number of halogens is 4. The van der Waals surface area contributed by atoms with E-state index in [4.69, 9.17) is 0 Å². The first-order valence-corrected chi connectivity index (χ1v) is 11.7. The van der Waals surface area contributed by atoms with Crippen LogP contribution in [0.3, 0.4) is 0 Å². The van der Waals surface area contributed by atoms with Crippen molar-refractivity contribution in [1.29, 1.82) is 0 Å². The van der Waals surface area contributed by atoms with Gasteiger partial charge in [0.05, 0.1) is 18.2 Å². The first-order chi connectivity index (χ1) is 16.9. The van der Waals surface area contributed by atoms with Gasteiger partial charge in [-0.3, -0.25) is 9.59 Å². The zero-order valence-corrected chi connectivity index (χ0v) is 20.5. The number of alkyl halides is 3. The monoisotopic (exact) mass is 508 g/mol. The summed E-state index contributed by atoms with van der Waals surface area (Å²) in [5, 5.41) is 3.04. The Morgan fingerprint density at radius 2 is 1.75 bits per heavy atom. The van der Waals surface area contributed by atoms with E-state index in [-0.39, 0.29) is 47.4 Å². The summed E-state index contributed by atoms with van der Waals surface area (Å²) in [5.41, 5.74) is -0.398. The molecule has 12 heteroatoms. The Bertz CT molecular complexity index is 1180. The maximum Gasteiger partial charge on any atom is 0.416 e. The highest BCUT2D eigenvalue weighted by Gasteiger charge is 2.36. The Hall–Kier alpha value is -3.44. The summed E-state index contributed by atoms with van der Waals surface area (Å²) in [6, 6.07) is 1.29. The van der Waals surface area contributed by atoms with Gasteiger partial charge < -0.3 is 20.0 Å². The molecule has 0 aliphatic carbocycles. The Balaban J connectivity index is 1.69. The molecular weight excluding hydrogens is 480 g/mol. The first kappa shape index (κ1) is 25.6. The van der Waals surface area contributed by atoms with E-state index in [2.05, 4.69) is 15.3 Å². The van der Waals surface area contributed by atoms with Gasteiger partial charge in [0.2, 0.25) is 11.9 Å². The average Bonchev–Trinajstić information content (AvgIpc) is 3.15. The molecular formula is C24H28F4N6O2. The molecule has 0 bridgehead atoms. The Morgan fingerprint density at radius 3 is 2.33 bits per heavy atom. The van der Waals surface area contributed by atoms with E-state index in [9.17, 15) is 27.2 Å². The molecule has 1 unspecified atom stereocenters. The fraction of sp³-hybridized carbons (Fsp3) is 0.500. The molecule has 1 atom stereocenters. The van der Waals surface area contributed by atoms with Crippen molar-refractivity contribution in [3.8, 4) is 0 Å². The van der Waals surface area contributed by atoms with E-state index in [1.807, 2.05) is 18.7 Å². The van der Waals surface area contributed by atoms with Crippen LogP contribution in [0.15, 0.2) is 18.2 Å². The molecule has 4 rings (SSSR count). The smallest absolute Gasteiger partial charge is 0.363 e.